The van der Waals surface area contributed by atoms with E-state index in [4.69, 9.17) is 0 Å². The number of halogens is 3. The van der Waals surface area contributed by atoms with Crippen molar-refractivity contribution in [2.24, 2.45) is 5.92 Å². The van der Waals surface area contributed by atoms with Gasteiger partial charge < -0.3 is 9.80 Å². The van der Waals surface area contributed by atoms with Gasteiger partial charge in [-0.05, 0) is 25.0 Å². The number of hydrogen-bond acceptors (Lipinski definition) is 5. The maximum absolute atomic E-state index is 12.7. The molecular weight excluding hydrogens is 335 g/mol. The number of aromatic nitrogens is 2. The summed E-state index contributed by atoms with van der Waals surface area (Å²) in [4.78, 5) is 17.5. The summed E-state index contributed by atoms with van der Waals surface area (Å²) in [5.74, 6) is 0.317. The topological polar surface area (TPSA) is 52.6 Å². The number of nitrogens with zero attached hydrogens (tertiary/aromatic N) is 5. The molecule has 0 aromatic carbocycles. The summed E-state index contributed by atoms with van der Waals surface area (Å²) in [5, 5.41) is 8.39. The predicted octanol–water partition coefficient (Wildman–Crippen LogP) is 1.70. The predicted molar refractivity (Wildman–Crippen MR) is 86.0 cm³/mol. The second-order valence-corrected chi connectivity index (χ2v) is 6.91. The monoisotopic (exact) mass is 357 g/mol. The van der Waals surface area contributed by atoms with E-state index in [0.717, 1.165) is 24.4 Å². The summed E-state index contributed by atoms with van der Waals surface area (Å²) >= 11 is 0. The standard InChI is InChI=1S/C16H22F3N5O/c1-22(2)14-6-5-12(20-21-14)13-4-3-7-24(13)15(25)11-8-23(9-11)10-16(17,18)19/h5-6,11,13H,3-4,7-10H2,1-2H3. The van der Waals surface area contributed by atoms with Gasteiger partial charge >= 0.3 is 6.18 Å². The van der Waals surface area contributed by atoms with Crippen molar-refractivity contribution >= 4 is 11.7 Å². The van der Waals surface area contributed by atoms with Gasteiger partial charge in [0.05, 0.1) is 24.2 Å². The van der Waals surface area contributed by atoms with Gasteiger partial charge in [0.2, 0.25) is 5.91 Å². The molecule has 2 aliphatic rings. The first-order chi connectivity index (χ1) is 11.7. The van der Waals surface area contributed by atoms with E-state index in [2.05, 4.69) is 10.2 Å². The van der Waals surface area contributed by atoms with Crippen molar-refractivity contribution in [2.45, 2.75) is 25.1 Å². The molecule has 2 saturated heterocycles. The highest BCUT2D eigenvalue weighted by Crippen LogP contribution is 2.34. The Kier molecular flexibility index (Phi) is 4.86. The molecule has 2 aliphatic heterocycles. The van der Waals surface area contributed by atoms with Gasteiger partial charge in [0, 0.05) is 33.7 Å². The molecule has 0 radical (unpaired) electrons. The van der Waals surface area contributed by atoms with Crippen LogP contribution in [0.2, 0.25) is 0 Å². The van der Waals surface area contributed by atoms with E-state index in [1.54, 1.807) is 4.90 Å². The number of rotatable bonds is 4. The Balaban J connectivity index is 1.61. The zero-order valence-electron chi connectivity index (χ0n) is 14.3. The Morgan fingerprint density at radius 1 is 1.28 bits per heavy atom. The Hall–Kier alpha value is -1.90. The molecule has 2 fully saturated rings. The molecule has 0 saturated carbocycles. The van der Waals surface area contributed by atoms with Crippen LogP contribution in [0.4, 0.5) is 19.0 Å². The molecule has 3 heterocycles. The second-order valence-electron chi connectivity index (χ2n) is 6.91. The zero-order valence-corrected chi connectivity index (χ0v) is 14.3. The quantitative estimate of drug-likeness (QED) is 0.821. The van der Waals surface area contributed by atoms with Crippen LogP contribution in [0.15, 0.2) is 12.1 Å². The minimum Gasteiger partial charge on any atom is -0.361 e. The summed E-state index contributed by atoms with van der Waals surface area (Å²) in [6.07, 6.45) is -2.54. The van der Waals surface area contributed by atoms with Gasteiger partial charge in [0.25, 0.3) is 0 Å². The molecule has 25 heavy (non-hydrogen) atoms. The third-order valence-corrected chi connectivity index (χ3v) is 4.72. The van der Waals surface area contributed by atoms with Crippen molar-refractivity contribution < 1.29 is 18.0 Å². The van der Waals surface area contributed by atoms with E-state index >= 15 is 0 Å². The summed E-state index contributed by atoms with van der Waals surface area (Å²) < 4.78 is 37.1. The molecule has 6 nitrogen and oxygen atoms in total. The number of alkyl halides is 3. The number of amides is 1. The first-order valence-corrected chi connectivity index (χ1v) is 8.35. The summed E-state index contributed by atoms with van der Waals surface area (Å²) in [6.45, 7) is 0.0215. The van der Waals surface area contributed by atoms with E-state index in [-0.39, 0.29) is 31.0 Å². The maximum Gasteiger partial charge on any atom is 0.401 e. The van der Waals surface area contributed by atoms with Crippen LogP contribution in [0.3, 0.4) is 0 Å². The van der Waals surface area contributed by atoms with Crippen LogP contribution < -0.4 is 4.90 Å². The van der Waals surface area contributed by atoms with E-state index in [0.29, 0.717) is 6.54 Å². The zero-order chi connectivity index (χ0) is 18.2. The summed E-state index contributed by atoms with van der Waals surface area (Å²) in [5.41, 5.74) is 0.739. The van der Waals surface area contributed by atoms with E-state index in [1.807, 2.05) is 31.1 Å². The van der Waals surface area contributed by atoms with Gasteiger partial charge in [-0.3, -0.25) is 9.69 Å². The number of carbonyl (C=O) groups is 1. The Morgan fingerprint density at radius 3 is 2.56 bits per heavy atom. The van der Waals surface area contributed by atoms with Crippen molar-refractivity contribution in [1.82, 2.24) is 20.0 Å². The van der Waals surface area contributed by atoms with Gasteiger partial charge in [0.1, 0.15) is 0 Å². The first-order valence-electron chi connectivity index (χ1n) is 8.35. The second kappa shape index (κ2) is 6.78. The van der Waals surface area contributed by atoms with Crippen molar-refractivity contribution in [3.63, 3.8) is 0 Å². The lowest BCUT2D eigenvalue weighted by Gasteiger charge is -2.41. The average Bonchev–Trinajstić information content (AvgIpc) is 2.98. The molecular formula is C16H22F3N5O. The van der Waals surface area contributed by atoms with E-state index in [9.17, 15) is 18.0 Å². The van der Waals surface area contributed by atoms with Gasteiger partial charge in [-0.2, -0.15) is 18.3 Å². The Labute approximate surface area is 144 Å². The first kappa shape index (κ1) is 17.9. The number of hydrogen-bond donors (Lipinski definition) is 0. The lowest BCUT2D eigenvalue weighted by Crippen LogP contribution is -2.56. The van der Waals surface area contributed by atoms with Gasteiger partial charge in [0.15, 0.2) is 5.82 Å². The smallest absolute Gasteiger partial charge is 0.361 e. The highest BCUT2D eigenvalue weighted by Gasteiger charge is 2.43. The fourth-order valence-electron chi connectivity index (χ4n) is 3.43. The molecule has 1 amide bonds. The van der Waals surface area contributed by atoms with Gasteiger partial charge in [-0.15, -0.1) is 5.10 Å². The van der Waals surface area contributed by atoms with Crippen molar-refractivity contribution in [3.8, 4) is 0 Å². The molecule has 0 N–H and O–H groups in total. The molecule has 138 valence electrons. The molecule has 1 unspecified atom stereocenters. The van der Waals surface area contributed by atoms with Gasteiger partial charge in [-0.25, -0.2) is 0 Å². The molecule has 3 rings (SSSR count). The third-order valence-electron chi connectivity index (χ3n) is 4.72. The molecule has 0 aliphatic carbocycles. The molecule has 0 spiro atoms. The Morgan fingerprint density at radius 2 is 2.00 bits per heavy atom. The highest BCUT2D eigenvalue weighted by atomic mass is 19.4. The minimum atomic E-state index is -4.21. The fourth-order valence-corrected chi connectivity index (χ4v) is 3.43. The lowest BCUT2D eigenvalue weighted by molar-refractivity contribution is -0.167. The molecule has 1 aromatic heterocycles. The largest absolute Gasteiger partial charge is 0.401 e. The number of anilines is 1. The fraction of sp³-hybridized carbons (Fsp3) is 0.688. The number of carbonyl (C=O) groups excluding carboxylic acids is 1. The van der Waals surface area contributed by atoms with E-state index < -0.39 is 12.7 Å². The normalized spacial score (nSPS) is 22.1. The highest BCUT2D eigenvalue weighted by molar-refractivity contribution is 5.81. The van der Waals surface area contributed by atoms with Crippen LogP contribution in [-0.4, -0.2) is 72.4 Å². The van der Waals surface area contributed by atoms with Crippen LogP contribution in [-0.2, 0) is 4.79 Å². The lowest BCUT2D eigenvalue weighted by atomic mass is 9.97. The number of likely N-dealkylation sites (tertiary alicyclic amines) is 2. The maximum atomic E-state index is 12.7. The molecule has 0 bridgehead atoms. The third kappa shape index (κ3) is 4.02. The summed E-state index contributed by atoms with van der Waals surface area (Å²) in [6, 6.07) is 3.60. The summed E-state index contributed by atoms with van der Waals surface area (Å²) in [7, 11) is 3.75. The van der Waals surface area contributed by atoms with Crippen LogP contribution in [0.5, 0.6) is 0 Å². The molecule has 1 aromatic rings. The SMILES string of the molecule is CN(C)c1ccc(C2CCCN2C(=O)C2CN(CC(F)(F)F)C2)nn1. The minimum absolute atomic E-state index is 0.0700. The van der Waals surface area contributed by atoms with E-state index in [1.165, 1.54) is 4.90 Å². The van der Waals surface area contributed by atoms with Crippen LogP contribution in [0.1, 0.15) is 24.6 Å². The van der Waals surface area contributed by atoms with Crippen LogP contribution in [0, 0.1) is 5.92 Å². The Bertz CT molecular complexity index is 613. The molecule has 9 heteroatoms. The van der Waals surface area contributed by atoms with Crippen LogP contribution in [0.25, 0.3) is 0 Å². The van der Waals surface area contributed by atoms with Crippen molar-refractivity contribution in [2.75, 3.05) is 45.2 Å². The van der Waals surface area contributed by atoms with Crippen molar-refractivity contribution in [3.05, 3.63) is 17.8 Å². The average molecular weight is 357 g/mol. The molecule has 1 atom stereocenters. The van der Waals surface area contributed by atoms with Crippen molar-refractivity contribution in [1.29, 1.82) is 0 Å². The van der Waals surface area contributed by atoms with Crippen LogP contribution >= 0.6 is 0 Å². The van der Waals surface area contributed by atoms with Gasteiger partial charge in [-0.1, -0.05) is 0 Å².